The van der Waals surface area contributed by atoms with Gasteiger partial charge in [0.2, 0.25) is 0 Å². The summed E-state index contributed by atoms with van der Waals surface area (Å²) in [4.78, 5) is 23.5. The minimum atomic E-state index is -0.235. The Balaban J connectivity index is 1.70. The molecule has 3 rings (SSSR count). The van der Waals surface area contributed by atoms with E-state index in [4.69, 9.17) is 4.74 Å². The monoisotopic (exact) mass is 368 g/mol. The molecule has 0 spiro atoms. The Labute approximate surface area is 161 Å². The minimum absolute atomic E-state index is 0.117. The molecule has 27 heavy (non-hydrogen) atoms. The lowest BCUT2D eigenvalue weighted by molar-refractivity contribution is 0.102. The van der Waals surface area contributed by atoms with Gasteiger partial charge in [-0.2, -0.15) is 0 Å². The van der Waals surface area contributed by atoms with Crippen LogP contribution >= 0.6 is 0 Å². The van der Waals surface area contributed by atoms with Crippen molar-refractivity contribution in [2.75, 3.05) is 16.8 Å². The first-order chi connectivity index (χ1) is 13.1. The molecule has 1 aromatic carbocycles. The highest BCUT2D eigenvalue weighted by molar-refractivity contribution is 6.03. The van der Waals surface area contributed by atoms with Crippen LogP contribution in [0.3, 0.4) is 0 Å². The van der Waals surface area contributed by atoms with E-state index in [9.17, 15) is 4.79 Å². The van der Waals surface area contributed by atoms with Crippen molar-refractivity contribution < 1.29 is 9.53 Å². The summed E-state index contributed by atoms with van der Waals surface area (Å²) < 4.78 is 5.62. The van der Waals surface area contributed by atoms with Crippen molar-refractivity contribution in [3.8, 4) is 5.75 Å². The maximum atomic E-state index is 12.6. The van der Waals surface area contributed by atoms with E-state index in [-0.39, 0.29) is 12.0 Å². The quantitative estimate of drug-likeness (QED) is 0.824. The minimum Gasteiger partial charge on any atom is -0.491 e. The highest BCUT2D eigenvalue weighted by atomic mass is 16.5. The van der Waals surface area contributed by atoms with Gasteiger partial charge in [0.1, 0.15) is 23.6 Å². The molecule has 2 aromatic rings. The van der Waals surface area contributed by atoms with Gasteiger partial charge >= 0.3 is 0 Å². The van der Waals surface area contributed by atoms with Gasteiger partial charge in [0.05, 0.1) is 6.10 Å². The van der Waals surface area contributed by atoms with Gasteiger partial charge in [-0.05, 0) is 63.8 Å². The van der Waals surface area contributed by atoms with Crippen LogP contribution in [-0.4, -0.2) is 34.6 Å². The van der Waals surface area contributed by atoms with Crippen molar-refractivity contribution in [3.05, 3.63) is 42.4 Å². The molecule has 0 radical (unpaired) electrons. The summed E-state index contributed by atoms with van der Waals surface area (Å²) in [5.41, 5.74) is 1.09. The average molecular weight is 368 g/mol. The smallest absolute Gasteiger partial charge is 0.274 e. The molecule has 1 aliphatic heterocycles. The third kappa shape index (κ3) is 4.96. The molecular weight excluding hydrogens is 340 g/mol. The van der Waals surface area contributed by atoms with Crippen LogP contribution in [-0.2, 0) is 0 Å². The fourth-order valence-corrected chi connectivity index (χ4v) is 3.44. The van der Waals surface area contributed by atoms with Crippen LogP contribution in [0.2, 0.25) is 0 Å². The van der Waals surface area contributed by atoms with Gasteiger partial charge in [0.25, 0.3) is 5.91 Å². The van der Waals surface area contributed by atoms with Crippen molar-refractivity contribution >= 4 is 17.4 Å². The Bertz CT molecular complexity index is 761. The number of rotatable bonds is 6. The third-order valence-corrected chi connectivity index (χ3v) is 4.76. The second-order valence-corrected chi connectivity index (χ2v) is 7.16. The number of anilines is 2. The summed E-state index contributed by atoms with van der Waals surface area (Å²) in [6.45, 7) is 7.14. The van der Waals surface area contributed by atoms with Gasteiger partial charge in [-0.15, -0.1) is 0 Å². The van der Waals surface area contributed by atoms with Crippen LogP contribution < -0.4 is 15.0 Å². The lowest BCUT2D eigenvalue weighted by atomic mass is 10.00. The molecule has 0 aliphatic carbocycles. The number of nitrogens with zero attached hydrogens (tertiary/aromatic N) is 3. The zero-order chi connectivity index (χ0) is 19.2. The molecule has 1 N–H and O–H groups in total. The van der Waals surface area contributed by atoms with Crippen LogP contribution in [0.15, 0.2) is 36.7 Å². The number of aromatic nitrogens is 2. The Hall–Kier alpha value is -2.63. The molecule has 1 fully saturated rings. The van der Waals surface area contributed by atoms with E-state index in [2.05, 4.69) is 27.1 Å². The number of hydrogen-bond acceptors (Lipinski definition) is 5. The van der Waals surface area contributed by atoms with Crippen molar-refractivity contribution in [2.45, 2.75) is 58.6 Å². The fraction of sp³-hybridized carbons (Fsp3) is 0.476. The van der Waals surface area contributed by atoms with Gasteiger partial charge in [0.15, 0.2) is 0 Å². The predicted octanol–water partition coefficient (Wildman–Crippen LogP) is 4.29. The number of hydrogen-bond donors (Lipinski definition) is 1. The first-order valence-electron chi connectivity index (χ1n) is 9.73. The predicted molar refractivity (Wildman–Crippen MR) is 107 cm³/mol. The van der Waals surface area contributed by atoms with Crippen LogP contribution in [0.1, 0.15) is 56.9 Å². The van der Waals surface area contributed by atoms with E-state index >= 15 is 0 Å². The summed E-state index contributed by atoms with van der Waals surface area (Å²) >= 11 is 0. The first-order valence-corrected chi connectivity index (χ1v) is 9.73. The first kappa shape index (κ1) is 19.1. The highest BCUT2D eigenvalue weighted by Crippen LogP contribution is 2.25. The molecule has 1 aromatic heterocycles. The van der Waals surface area contributed by atoms with E-state index in [1.807, 2.05) is 38.1 Å². The summed E-state index contributed by atoms with van der Waals surface area (Å²) in [5.74, 6) is 1.38. The van der Waals surface area contributed by atoms with E-state index in [1.165, 1.54) is 19.2 Å². The number of amides is 1. The molecule has 1 unspecified atom stereocenters. The second-order valence-electron chi connectivity index (χ2n) is 7.16. The largest absolute Gasteiger partial charge is 0.491 e. The Morgan fingerprint density at radius 3 is 2.74 bits per heavy atom. The molecule has 0 bridgehead atoms. The molecular formula is C21H28N4O2. The topological polar surface area (TPSA) is 67.4 Å². The highest BCUT2D eigenvalue weighted by Gasteiger charge is 2.23. The summed E-state index contributed by atoms with van der Waals surface area (Å²) in [7, 11) is 0. The van der Waals surface area contributed by atoms with Crippen LogP contribution in [0.5, 0.6) is 5.75 Å². The van der Waals surface area contributed by atoms with Gasteiger partial charge < -0.3 is 15.0 Å². The van der Waals surface area contributed by atoms with E-state index in [1.54, 1.807) is 6.07 Å². The molecule has 1 atom stereocenters. The van der Waals surface area contributed by atoms with Crippen molar-refractivity contribution in [3.63, 3.8) is 0 Å². The van der Waals surface area contributed by atoms with Gasteiger partial charge in [-0.1, -0.05) is 6.92 Å². The van der Waals surface area contributed by atoms with Crippen LogP contribution in [0, 0.1) is 0 Å². The van der Waals surface area contributed by atoms with Gasteiger partial charge in [-0.3, -0.25) is 4.79 Å². The molecule has 6 heteroatoms. The molecule has 1 amide bonds. The lowest BCUT2D eigenvalue weighted by Crippen LogP contribution is -2.39. The Morgan fingerprint density at radius 2 is 2.04 bits per heavy atom. The Morgan fingerprint density at radius 1 is 1.26 bits per heavy atom. The third-order valence-electron chi connectivity index (χ3n) is 4.76. The van der Waals surface area contributed by atoms with Crippen molar-refractivity contribution in [1.29, 1.82) is 0 Å². The number of carbonyl (C=O) groups is 1. The molecule has 1 aliphatic rings. The summed E-state index contributed by atoms with van der Waals surface area (Å²) in [6, 6.07) is 9.63. The zero-order valence-corrected chi connectivity index (χ0v) is 16.3. The standard InChI is InChI=1S/C21H28N4O2/c1-4-17-7-5-6-12-25(17)20-13-19(22-14-23-20)21(26)24-16-8-10-18(11-9-16)27-15(2)3/h8-11,13-15,17H,4-7,12H2,1-3H3,(H,24,26). The molecule has 144 valence electrons. The van der Waals surface area contributed by atoms with Gasteiger partial charge in [-0.25, -0.2) is 9.97 Å². The SMILES string of the molecule is CCC1CCCCN1c1cc(C(=O)Nc2ccc(OC(C)C)cc2)ncn1. The number of piperidine rings is 1. The van der Waals surface area contributed by atoms with Crippen LogP contribution in [0.4, 0.5) is 11.5 Å². The van der Waals surface area contributed by atoms with E-state index in [0.29, 0.717) is 17.4 Å². The molecule has 1 saturated heterocycles. The summed E-state index contributed by atoms with van der Waals surface area (Å²) in [6.07, 6.45) is 6.26. The number of benzene rings is 1. The maximum Gasteiger partial charge on any atom is 0.274 e. The second kappa shape index (κ2) is 8.84. The molecule has 0 saturated carbocycles. The van der Waals surface area contributed by atoms with E-state index in [0.717, 1.165) is 31.0 Å². The van der Waals surface area contributed by atoms with Gasteiger partial charge in [0, 0.05) is 24.3 Å². The van der Waals surface area contributed by atoms with Crippen LogP contribution in [0.25, 0.3) is 0 Å². The van der Waals surface area contributed by atoms with E-state index < -0.39 is 0 Å². The lowest BCUT2D eigenvalue weighted by Gasteiger charge is -2.36. The van der Waals surface area contributed by atoms with Crippen molar-refractivity contribution in [2.24, 2.45) is 0 Å². The fourth-order valence-electron chi connectivity index (χ4n) is 3.44. The zero-order valence-electron chi connectivity index (χ0n) is 16.3. The molecule has 2 heterocycles. The number of ether oxygens (including phenoxy) is 1. The van der Waals surface area contributed by atoms with Crippen molar-refractivity contribution in [1.82, 2.24) is 9.97 Å². The number of nitrogens with one attached hydrogen (secondary N) is 1. The number of carbonyl (C=O) groups excluding carboxylic acids is 1. The summed E-state index contributed by atoms with van der Waals surface area (Å²) in [5, 5.41) is 2.89. The maximum absolute atomic E-state index is 12.6. The Kier molecular flexibility index (Phi) is 6.27. The average Bonchev–Trinajstić information content (AvgIpc) is 2.69. The molecule has 6 nitrogen and oxygen atoms in total. The normalized spacial score (nSPS) is 17.0.